The largest absolute Gasteiger partial charge is 0.472 e. The molecule has 2 N–H and O–H groups in total. The maximum absolute atomic E-state index is 11.8. The Kier molecular flexibility index (Phi) is 23.5. The minimum absolute atomic E-state index is 0.220. The van der Waals surface area contributed by atoms with E-state index in [4.69, 9.17) is 9.05 Å². The van der Waals surface area contributed by atoms with Gasteiger partial charge in [0.1, 0.15) is 13.2 Å². The molecule has 0 heterocycles. The molecule has 0 saturated carbocycles. The second-order valence-electron chi connectivity index (χ2n) is 10.9. The second kappa shape index (κ2) is 23.4. The second-order valence-corrected chi connectivity index (χ2v) is 12.4. The molecule has 0 spiro atoms. The van der Waals surface area contributed by atoms with Gasteiger partial charge < -0.3 is 14.7 Å². The average Bonchev–Trinajstić information content (AvgIpc) is 2.76. The Balaban J connectivity index is 3.22. The molecule has 0 radical (unpaired) electrons. The Hall–Kier alpha value is 0.0300. The molecule has 1 unspecified atom stereocenters. The van der Waals surface area contributed by atoms with Crippen LogP contribution >= 0.6 is 7.82 Å². The number of hydrogen-bond acceptors (Lipinski definition) is 4. The van der Waals surface area contributed by atoms with Crippen molar-refractivity contribution >= 4 is 7.82 Å². The summed E-state index contributed by atoms with van der Waals surface area (Å²) in [6.45, 7) is 5.42. The Bertz CT molecular complexity index is 472. The number of nitrogens with zero attached hydrogens (tertiary/aromatic N) is 1. The van der Waals surface area contributed by atoms with Crippen molar-refractivity contribution in [1.29, 1.82) is 0 Å². The third-order valence-electron chi connectivity index (χ3n) is 6.23. The fraction of sp³-hybridized carbons (Fsp3) is 1.00. The molecule has 0 aliphatic carbocycles. The van der Waals surface area contributed by atoms with E-state index in [0.29, 0.717) is 11.0 Å². The Labute approximate surface area is 212 Å². The molecular formula is C27H60N2O4P+. The molecule has 1 atom stereocenters. The van der Waals surface area contributed by atoms with Gasteiger partial charge in [-0.1, -0.05) is 103 Å². The van der Waals surface area contributed by atoms with Gasteiger partial charge in [0.2, 0.25) is 0 Å². The van der Waals surface area contributed by atoms with Crippen molar-refractivity contribution in [1.82, 2.24) is 5.32 Å². The summed E-state index contributed by atoms with van der Waals surface area (Å²) in [6.07, 6.45) is 24.1. The standard InChI is InChI=1S/C27H59N2O4P/c1-5-6-7-8-9-10-11-12-13-14-15-16-17-18-19-20-23-28-24-21-22-26-32-34(30,31)33-27-25-29(2,3)4/h28H,5-27H2,1-4H3/p+1. The Morgan fingerprint density at radius 3 is 1.44 bits per heavy atom. The van der Waals surface area contributed by atoms with E-state index < -0.39 is 7.82 Å². The maximum Gasteiger partial charge on any atom is 0.472 e. The van der Waals surface area contributed by atoms with Crippen molar-refractivity contribution in [3.05, 3.63) is 0 Å². The third-order valence-corrected chi connectivity index (χ3v) is 7.24. The van der Waals surface area contributed by atoms with Crippen LogP contribution in [0.3, 0.4) is 0 Å². The number of likely N-dealkylation sites (N-methyl/N-ethyl adjacent to an activating group) is 1. The quantitative estimate of drug-likeness (QED) is 0.0686. The topological polar surface area (TPSA) is 67.8 Å². The minimum Gasteiger partial charge on any atom is -0.329 e. The number of phosphoric acid groups is 1. The SMILES string of the molecule is CCCCCCCCCCCCCCCCCCNCCCCOP(=O)(O)OCC[N+](C)(C)C. The van der Waals surface area contributed by atoms with Crippen molar-refractivity contribution in [2.24, 2.45) is 0 Å². The number of rotatable bonds is 27. The molecule has 0 aromatic rings. The molecule has 0 bridgehead atoms. The zero-order valence-electron chi connectivity index (χ0n) is 23.3. The van der Waals surface area contributed by atoms with Crippen molar-refractivity contribution in [3.8, 4) is 0 Å². The van der Waals surface area contributed by atoms with Gasteiger partial charge in [0, 0.05) is 0 Å². The van der Waals surface area contributed by atoms with Crippen molar-refractivity contribution in [2.45, 2.75) is 122 Å². The van der Waals surface area contributed by atoms with Crippen LogP contribution in [0.4, 0.5) is 0 Å². The lowest BCUT2D eigenvalue weighted by Gasteiger charge is -2.24. The van der Waals surface area contributed by atoms with Gasteiger partial charge >= 0.3 is 7.82 Å². The van der Waals surface area contributed by atoms with E-state index in [1.54, 1.807) is 0 Å². The number of unbranched alkanes of at least 4 members (excludes halogenated alkanes) is 16. The van der Waals surface area contributed by atoms with E-state index in [1.165, 1.54) is 103 Å². The lowest BCUT2D eigenvalue weighted by molar-refractivity contribution is -0.870. The summed E-state index contributed by atoms with van der Waals surface area (Å²) in [7, 11) is 2.14. The first kappa shape index (κ1) is 34.0. The van der Waals surface area contributed by atoms with Crippen LogP contribution in [0.5, 0.6) is 0 Å². The predicted octanol–water partition coefficient (Wildman–Crippen LogP) is 7.46. The number of hydrogen-bond donors (Lipinski definition) is 2. The van der Waals surface area contributed by atoms with E-state index in [1.807, 2.05) is 21.1 Å². The van der Waals surface area contributed by atoms with Crippen LogP contribution in [0.2, 0.25) is 0 Å². The Morgan fingerprint density at radius 1 is 0.618 bits per heavy atom. The lowest BCUT2D eigenvalue weighted by Crippen LogP contribution is -2.37. The lowest BCUT2D eigenvalue weighted by atomic mass is 10.0. The van der Waals surface area contributed by atoms with Crippen LogP contribution in [0.1, 0.15) is 122 Å². The van der Waals surface area contributed by atoms with Crippen molar-refractivity contribution in [3.63, 3.8) is 0 Å². The zero-order valence-corrected chi connectivity index (χ0v) is 24.2. The average molecular weight is 508 g/mol. The number of phosphoric ester groups is 1. The van der Waals surface area contributed by atoms with Crippen LogP contribution in [0.15, 0.2) is 0 Å². The summed E-state index contributed by atoms with van der Waals surface area (Å²) in [5.41, 5.74) is 0. The molecule has 206 valence electrons. The van der Waals surface area contributed by atoms with E-state index >= 15 is 0 Å². The van der Waals surface area contributed by atoms with E-state index in [2.05, 4.69) is 12.2 Å². The van der Waals surface area contributed by atoms with Gasteiger partial charge in [-0.25, -0.2) is 4.57 Å². The molecule has 0 rings (SSSR count). The molecule has 6 nitrogen and oxygen atoms in total. The van der Waals surface area contributed by atoms with Gasteiger partial charge in [0.05, 0.1) is 27.7 Å². The van der Waals surface area contributed by atoms with E-state index in [-0.39, 0.29) is 13.2 Å². The molecule has 0 aliphatic rings. The fourth-order valence-corrected chi connectivity index (χ4v) is 4.67. The van der Waals surface area contributed by atoms with E-state index in [9.17, 15) is 9.46 Å². The fourth-order valence-electron chi connectivity index (χ4n) is 3.92. The minimum atomic E-state index is -3.91. The van der Waals surface area contributed by atoms with E-state index in [0.717, 1.165) is 25.9 Å². The monoisotopic (exact) mass is 507 g/mol. The summed E-state index contributed by atoms with van der Waals surface area (Å²) in [5.74, 6) is 0. The highest BCUT2D eigenvalue weighted by molar-refractivity contribution is 7.47. The van der Waals surface area contributed by atoms with Gasteiger partial charge in [-0.3, -0.25) is 9.05 Å². The zero-order chi connectivity index (χ0) is 25.4. The summed E-state index contributed by atoms with van der Waals surface area (Å²) < 4.78 is 22.5. The van der Waals surface area contributed by atoms with Crippen molar-refractivity contribution in [2.75, 3.05) is 54.0 Å². The summed E-state index contributed by atoms with van der Waals surface area (Å²) in [4.78, 5) is 9.67. The van der Waals surface area contributed by atoms with Crippen LogP contribution in [0, 0.1) is 0 Å². The summed E-state index contributed by atoms with van der Waals surface area (Å²) in [5, 5.41) is 3.46. The summed E-state index contributed by atoms with van der Waals surface area (Å²) >= 11 is 0. The highest BCUT2D eigenvalue weighted by Crippen LogP contribution is 2.43. The molecule has 0 fully saturated rings. The first-order valence-electron chi connectivity index (χ1n) is 14.4. The molecule has 0 aliphatic heterocycles. The first-order chi connectivity index (χ1) is 16.3. The third kappa shape index (κ3) is 28.3. The number of nitrogens with one attached hydrogen (secondary N) is 1. The van der Waals surface area contributed by atoms with Gasteiger partial charge in [0.15, 0.2) is 0 Å². The van der Waals surface area contributed by atoms with Gasteiger partial charge in [-0.2, -0.15) is 0 Å². The first-order valence-corrected chi connectivity index (χ1v) is 15.9. The van der Waals surface area contributed by atoms with Crippen LogP contribution in [-0.4, -0.2) is 63.4 Å². The molecular weight excluding hydrogens is 447 g/mol. The normalized spacial score (nSPS) is 13.9. The molecule has 0 amide bonds. The molecule has 7 heteroatoms. The van der Waals surface area contributed by atoms with Gasteiger partial charge in [-0.05, 0) is 32.4 Å². The number of quaternary nitrogens is 1. The Morgan fingerprint density at radius 2 is 1.00 bits per heavy atom. The maximum atomic E-state index is 11.8. The predicted molar refractivity (Wildman–Crippen MR) is 146 cm³/mol. The summed E-state index contributed by atoms with van der Waals surface area (Å²) in [6, 6.07) is 0. The van der Waals surface area contributed by atoms with Gasteiger partial charge in [0.25, 0.3) is 0 Å². The highest BCUT2D eigenvalue weighted by Gasteiger charge is 2.21. The smallest absolute Gasteiger partial charge is 0.329 e. The van der Waals surface area contributed by atoms with Crippen molar-refractivity contribution < 1.29 is 23.0 Å². The molecule has 0 aromatic carbocycles. The van der Waals surface area contributed by atoms with Crippen LogP contribution < -0.4 is 5.32 Å². The molecule has 34 heavy (non-hydrogen) atoms. The highest BCUT2D eigenvalue weighted by atomic mass is 31.2. The molecule has 0 aromatic heterocycles. The van der Waals surface area contributed by atoms with Gasteiger partial charge in [-0.15, -0.1) is 0 Å². The molecule has 0 saturated heterocycles. The van der Waals surface area contributed by atoms with Crippen LogP contribution in [-0.2, 0) is 13.6 Å². The van der Waals surface area contributed by atoms with Crippen LogP contribution in [0.25, 0.3) is 0 Å².